The van der Waals surface area contributed by atoms with Crippen LogP contribution in [0.2, 0.25) is 0 Å². The monoisotopic (exact) mass is 286 g/mol. The molecule has 18 heavy (non-hydrogen) atoms. The van der Waals surface area contributed by atoms with Crippen molar-refractivity contribution < 1.29 is 21.7 Å². The van der Waals surface area contributed by atoms with Crippen molar-refractivity contribution >= 4 is 36.6 Å². The lowest BCUT2D eigenvalue weighted by Crippen LogP contribution is -2.02. The van der Waals surface area contributed by atoms with Gasteiger partial charge in [-0.05, 0) is 18.0 Å². The lowest BCUT2D eigenvalue weighted by Gasteiger charge is -2.09. The van der Waals surface area contributed by atoms with Gasteiger partial charge in [-0.15, -0.1) is 0 Å². The summed E-state index contributed by atoms with van der Waals surface area (Å²) in [4.78, 5) is -0.268. The molecule has 2 aromatic carbocycles. The van der Waals surface area contributed by atoms with Crippen LogP contribution in [0.4, 0.5) is 0 Å². The number of hydrogen-bond donors (Lipinski definition) is 2. The average molecular weight is 286 g/mol. The molecule has 0 amide bonds. The molecule has 7 heteroatoms. The summed E-state index contributed by atoms with van der Waals surface area (Å²) in [6.07, 6.45) is 0. The molecule has 96 valence electrons. The van der Waals surface area contributed by atoms with Gasteiger partial charge < -0.3 is 4.55 Å². The van der Waals surface area contributed by atoms with Crippen LogP contribution < -0.4 is 0 Å². The maximum absolute atomic E-state index is 11.6. The van der Waals surface area contributed by atoms with Crippen molar-refractivity contribution in [2.75, 3.05) is 0 Å². The van der Waals surface area contributed by atoms with Crippen molar-refractivity contribution in [3.05, 3.63) is 36.4 Å². The molecule has 2 rings (SSSR count). The highest BCUT2D eigenvalue weighted by Crippen LogP contribution is 2.27. The summed E-state index contributed by atoms with van der Waals surface area (Å²) in [6, 6.07) is 8.40. The van der Waals surface area contributed by atoms with Crippen LogP contribution in [0.3, 0.4) is 0 Å². The van der Waals surface area contributed by atoms with E-state index in [1.54, 1.807) is 0 Å². The van der Waals surface area contributed by atoms with E-state index in [4.69, 9.17) is 4.55 Å². The van der Waals surface area contributed by atoms with Crippen LogP contribution in [0.25, 0.3) is 10.8 Å². The first-order chi connectivity index (χ1) is 8.21. The molecular weight excluding hydrogens is 276 g/mol. The Labute approximate surface area is 105 Å². The van der Waals surface area contributed by atoms with Gasteiger partial charge in [-0.1, -0.05) is 24.3 Å². The van der Waals surface area contributed by atoms with Crippen LogP contribution in [0.5, 0.6) is 0 Å². The van der Waals surface area contributed by atoms with E-state index in [9.17, 15) is 17.2 Å². The SMILES string of the molecule is C=S(=O)(O)c1cccc2c(S(=O)(=O)O)cccc12. The molecule has 1 unspecified atom stereocenters. The highest BCUT2D eigenvalue weighted by Gasteiger charge is 2.16. The number of benzene rings is 2. The van der Waals surface area contributed by atoms with E-state index < -0.39 is 19.9 Å². The highest BCUT2D eigenvalue weighted by molar-refractivity contribution is 7.95. The van der Waals surface area contributed by atoms with Gasteiger partial charge in [-0.25, -0.2) is 4.21 Å². The summed E-state index contributed by atoms with van der Waals surface area (Å²) in [5.41, 5.74) is 0. The summed E-state index contributed by atoms with van der Waals surface area (Å²) in [5, 5.41) is 0.457. The minimum absolute atomic E-state index is 0.0329. The first kappa shape index (κ1) is 13.0. The predicted octanol–water partition coefficient (Wildman–Crippen LogP) is 1.63. The molecule has 0 saturated heterocycles. The van der Waals surface area contributed by atoms with Gasteiger partial charge in [0.1, 0.15) is 14.7 Å². The Kier molecular flexibility index (Phi) is 2.94. The van der Waals surface area contributed by atoms with Gasteiger partial charge >= 0.3 is 0 Å². The highest BCUT2D eigenvalue weighted by atomic mass is 32.2. The number of fused-ring (bicyclic) bond motifs is 1. The van der Waals surface area contributed by atoms with Crippen molar-refractivity contribution in [1.82, 2.24) is 0 Å². The van der Waals surface area contributed by atoms with Crippen molar-refractivity contribution in [1.29, 1.82) is 0 Å². The standard InChI is InChI=1S/C11H10O5S2/c1-17(12,13)10-6-2-5-9-8(10)4-3-7-11(9)18(14,15)16/h2-7H,1H2,(H,12,13)(H,14,15,16). The zero-order valence-electron chi connectivity index (χ0n) is 9.11. The van der Waals surface area contributed by atoms with E-state index in [2.05, 4.69) is 5.87 Å². The molecular formula is C11H10O5S2. The van der Waals surface area contributed by atoms with E-state index in [1.165, 1.54) is 36.4 Å². The molecule has 2 aromatic rings. The van der Waals surface area contributed by atoms with Crippen LogP contribution in [0.1, 0.15) is 0 Å². The molecule has 2 N–H and O–H groups in total. The molecule has 0 fully saturated rings. The van der Waals surface area contributed by atoms with E-state index in [-0.39, 0.29) is 20.6 Å². The van der Waals surface area contributed by atoms with Crippen LogP contribution >= 0.6 is 0 Å². The van der Waals surface area contributed by atoms with Crippen LogP contribution in [0, 0.1) is 0 Å². The Balaban J connectivity index is 3.00. The number of rotatable bonds is 2. The predicted molar refractivity (Wildman–Crippen MR) is 69.9 cm³/mol. The lowest BCUT2D eigenvalue weighted by atomic mass is 10.1. The maximum Gasteiger partial charge on any atom is 0.295 e. The number of hydrogen-bond acceptors (Lipinski definition) is 3. The van der Waals surface area contributed by atoms with E-state index in [1.807, 2.05) is 0 Å². The molecule has 0 aliphatic carbocycles. The molecule has 0 aromatic heterocycles. The molecule has 1 atom stereocenters. The van der Waals surface area contributed by atoms with E-state index >= 15 is 0 Å². The van der Waals surface area contributed by atoms with Crippen molar-refractivity contribution in [3.8, 4) is 0 Å². The Morgan fingerprint density at radius 1 is 0.833 bits per heavy atom. The fraction of sp³-hybridized carbons (Fsp3) is 0. The fourth-order valence-corrected chi connectivity index (χ4v) is 3.27. The third-order valence-electron chi connectivity index (χ3n) is 2.46. The lowest BCUT2D eigenvalue weighted by molar-refractivity contribution is 0.484. The summed E-state index contributed by atoms with van der Waals surface area (Å²) < 4.78 is 52.6. The van der Waals surface area contributed by atoms with Gasteiger partial charge in [0, 0.05) is 10.8 Å². The molecule has 0 heterocycles. The van der Waals surface area contributed by atoms with Crippen molar-refractivity contribution in [3.63, 3.8) is 0 Å². The molecule has 0 spiro atoms. The van der Waals surface area contributed by atoms with Crippen LogP contribution in [0.15, 0.2) is 46.2 Å². The van der Waals surface area contributed by atoms with Gasteiger partial charge in [0.25, 0.3) is 10.1 Å². The summed E-state index contributed by atoms with van der Waals surface area (Å²) >= 11 is 0. The zero-order chi connectivity index (χ0) is 13.6. The molecule has 5 nitrogen and oxygen atoms in total. The van der Waals surface area contributed by atoms with Gasteiger partial charge in [-0.2, -0.15) is 8.42 Å². The molecule has 0 aliphatic rings. The first-order valence-electron chi connectivity index (χ1n) is 4.80. The Morgan fingerprint density at radius 2 is 1.28 bits per heavy atom. The van der Waals surface area contributed by atoms with Gasteiger partial charge in [-0.3, -0.25) is 4.55 Å². The van der Waals surface area contributed by atoms with Crippen LogP contribution in [-0.4, -0.2) is 27.6 Å². The minimum atomic E-state index is -4.39. The Bertz CT molecular complexity index is 748. The second kappa shape index (κ2) is 4.06. The molecule has 0 bridgehead atoms. The topological polar surface area (TPSA) is 91.7 Å². The first-order valence-corrected chi connectivity index (χ1v) is 7.92. The quantitative estimate of drug-likeness (QED) is 0.646. The zero-order valence-corrected chi connectivity index (χ0v) is 10.7. The van der Waals surface area contributed by atoms with Gasteiger partial charge in [0.2, 0.25) is 0 Å². The van der Waals surface area contributed by atoms with Gasteiger partial charge in [0.15, 0.2) is 0 Å². The maximum atomic E-state index is 11.6. The van der Waals surface area contributed by atoms with Crippen molar-refractivity contribution in [2.45, 2.75) is 9.79 Å². The van der Waals surface area contributed by atoms with E-state index in [0.717, 1.165) is 0 Å². The fourth-order valence-electron chi connectivity index (χ4n) is 1.76. The smallest absolute Gasteiger partial charge is 0.295 e. The van der Waals surface area contributed by atoms with E-state index in [0.29, 0.717) is 0 Å². The van der Waals surface area contributed by atoms with Crippen molar-refractivity contribution in [2.24, 2.45) is 0 Å². The summed E-state index contributed by atoms with van der Waals surface area (Å²) in [6.45, 7) is 0. The summed E-state index contributed by atoms with van der Waals surface area (Å²) in [5.74, 6) is 3.15. The summed E-state index contributed by atoms with van der Waals surface area (Å²) in [7, 11) is -7.85. The third-order valence-corrected chi connectivity index (χ3v) is 4.42. The normalized spacial score (nSPS) is 15.4. The van der Waals surface area contributed by atoms with Crippen LogP contribution in [-0.2, 0) is 19.9 Å². The largest absolute Gasteiger partial charge is 0.310 e. The Morgan fingerprint density at radius 3 is 1.72 bits per heavy atom. The second-order valence-electron chi connectivity index (χ2n) is 3.72. The average Bonchev–Trinajstić information content (AvgIpc) is 2.24. The third kappa shape index (κ3) is 2.25. The molecule has 0 saturated carbocycles. The second-order valence-corrected chi connectivity index (χ2v) is 6.83. The molecule has 0 aliphatic heterocycles. The minimum Gasteiger partial charge on any atom is -0.310 e. The Hall–Kier alpha value is -1.41. The van der Waals surface area contributed by atoms with Gasteiger partial charge in [0.05, 0.1) is 4.90 Å². The molecule has 0 radical (unpaired) electrons.